The van der Waals surface area contributed by atoms with Crippen molar-refractivity contribution in [3.05, 3.63) is 99.9 Å². The first-order valence-corrected chi connectivity index (χ1v) is 9.92. The molecule has 6 nitrogen and oxygen atoms in total. The quantitative estimate of drug-likeness (QED) is 0.262. The minimum atomic E-state index is -1.70. The van der Waals surface area contributed by atoms with E-state index < -0.39 is 47.3 Å². The Kier molecular flexibility index (Phi) is 6.55. The Labute approximate surface area is 193 Å². The van der Waals surface area contributed by atoms with Crippen molar-refractivity contribution in [1.82, 2.24) is 9.78 Å². The van der Waals surface area contributed by atoms with Crippen molar-refractivity contribution in [2.45, 2.75) is 13.2 Å². The van der Waals surface area contributed by atoms with Crippen LogP contribution in [0.15, 0.2) is 53.1 Å². The Bertz CT molecular complexity index is 1350. The third-order valence-electron chi connectivity index (χ3n) is 4.50. The van der Waals surface area contributed by atoms with Crippen LogP contribution in [0.2, 0.25) is 5.02 Å². The van der Waals surface area contributed by atoms with Gasteiger partial charge in [-0.25, -0.2) is 13.2 Å². The second-order valence-electron chi connectivity index (χ2n) is 6.96. The summed E-state index contributed by atoms with van der Waals surface area (Å²) in [5.41, 5.74) is 0.624. The number of amides is 1. The fraction of sp³-hybridized carbons (Fsp3) is 0.0909. The zero-order valence-electron chi connectivity index (χ0n) is 16.9. The van der Waals surface area contributed by atoms with Crippen LogP contribution in [0, 0.1) is 29.1 Å². The average molecular weight is 498 g/mol. The van der Waals surface area contributed by atoms with Crippen LogP contribution in [-0.2, 0) is 13.2 Å². The van der Waals surface area contributed by atoms with Crippen molar-refractivity contribution in [3.8, 4) is 5.75 Å². The van der Waals surface area contributed by atoms with Crippen molar-refractivity contribution >= 4 is 23.3 Å². The number of hydrogen-bond donors (Lipinski definition) is 1. The van der Waals surface area contributed by atoms with Crippen LogP contribution in [0.5, 0.6) is 5.75 Å². The molecule has 0 bridgehead atoms. The number of furan rings is 1. The number of carbonyl (C=O) groups excluding carboxylic acids is 1. The SMILES string of the molecule is O=C(Nc1nn(Cc2cccc(F)c2)cc1Cl)c1ccc(COc2c(F)c(F)cc(F)c2F)o1. The number of aromatic nitrogens is 2. The van der Waals surface area contributed by atoms with Gasteiger partial charge in [0, 0.05) is 12.3 Å². The molecule has 34 heavy (non-hydrogen) atoms. The Balaban J connectivity index is 1.41. The van der Waals surface area contributed by atoms with Crippen LogP contribution < -0.4 is 10.1 Å². The number of rotatable bonds is 7. The third kappa shape index (κ3) is 5.04. The molecule has 0 aliphatic rings. The van der Waals surface area contributed by atoms with Crippen LogP contribution in [0.25, 0.3) is 0 Å². The monoisotopic (exact) mass is 497 g/mol. The van der Waals surface area contributed by atoms with Crippen molar-refractivity contribution < 1.29 is 35.9 Å². The maximum atomic E-state index is 13.7. The minimum Gasteiger partial charge on any atom is -0.479 e. The summed E-state index contributed by atoms with van der Waals surface area (Å²) in [5, 5.41) is 6.67. The Morgan fingerprint density at radius 1 is 1.06 bits per heavy atom. The first-order chi connectivity index (χ1) is 16.2. The first kappa shape index (κ1) is 23.3. The zero-order valence-corrected chi connectivity index (χ0v) is 17.7. The first-order valence-electron chi connectivity index (χ1n) is 9.54. The van der Waals surface area contributed by atoms with E-state index >= 15 is 0 Å². The molecule has 2 heterocycles. The molecular weight excluding hydrogens is 485 g/mol. The second kappa shape index (κ2) is 9.56. The lowest BCUT2D eigenvalue weighted by Crippen LogP contribution is -2.12. The van der Waals surface area contributed by atoms with Gasteiger partial charge in [-0.15, -0.1) is 0 Å². The molecule has 0 unspecified atom stereocenters. The van der Waals surface area contributed by atoms with Gasteiger partial charge >= 0.3 is 0 Å². The molecule has 4 rings (SSSR count). The van der Waals surface area contributed by atoms with E-state index in [2.05, 4.69) is 10.4 Å². The number of anilines is 1. The Hall–Kier alpha value is -3.86. The van der Waals surface area contributed by atoms with Crippen molar-refractivity contribution in [2.75, 3.05) is 5.32 Å². The van der Waals surface area contributed by atoms with Crippen molar-refractivity contribution in [2.24, 2.45) is 0 Å². The fourth-order valence-electron chi connectivity index (χ4n) is 2.95. The largest absolute Gasteiger partial charge is 0.479 e. The van der Waals surface area contributed by atoms with Gasteiger partial charge in [-0.2, -0.15) is 13.9 Å². The van der Waals surface area contributed by atoms with Crippen LogP contribution in [0.1, 0.15) is 21.9 Å². The van der Waals surface area contributed by atoms with E-state index in [1.807, 2.05) is 0 Å². The zero-order chi connectivity index (χ0) is 24.4. The summed E-state index contributed by atoms with van der Waals surface area (Å²) in [6.07, 6.45) is 1.44. The van der Waals surface area contributed by atoms with Gasteiger partial charge in [-0.3, -0.25) is 9.48 Å². The van der Waals surface area contributed by atoms with Crippen molar-refractivity contribution in [1.29, 1.82) is 0 Å². The van der Waals surface area contributed by atoms with Gasteiger partial charge in [-0.1, -0.05) is 23.7 Å². The van der Waals surface area contributed by atoms with E-state index in [-0.39, 0.29) is 35.0 Å². The fourth-order valence-corrected chi connectivity index (χ4v) is 3.15. The molecule has 0 aliphatic heterocycles. The van der Waals surface area contributed by atoms with E-state index in [9.17, 15) is 26.7 Å². The number of halogens is 6. The van der Waals surface area contributed by atoms with E-state index in [1.54, 1.807) is 12.1 Å². The predicted molar refractivity (Wildman–Crippen MR) is 110 cm³/mol. The molecule has 0 fully saturated rings. The van der Waals surface area contributed by atoms with E-state index in [0.29, 0.717) is 5.56 Å². The predicted octanol–water partition coefficient (Wildman–Crippen LogP) is 5.70. The van der Waals surface area contributed by atoms with Gasteiger partial charge < -0.3 is 14.5 Å². The number of ether oxygens (including phenoxy) is 1. The van der Waals surface area contributed by atoms with E-state index in [1.165, 1.54) is 35.1 Å². The van der Waals surface area contributed by atoms with Gasteiger partial charge in [0.15, 0.2) is 29.0 Å². The molecule has 0 spiro atoms. The van der Waals surface area contributed by atoms with Crippen molar-refractivity contribution in [3.63, 3.8) is 0 Å². The molecule has 2 aromatic carbocycles. The summed E-state index contributed by atoms with van der Waals surface area (Å²) in [6.45, 7) is -0.420. The molecule has 2 aromatic heterocycles. The highest BCUT2D eigenvalue weighted by atomic mass is 35.5. The molecule has 176 valence electrons. The lowest BCUT2D eigenvalue weighted by molar-refractivity contribution is 0.0991. The van der Waals surface area contributed by atoms with Gasteiger partial charge in [0.25, 0.3) is 5.91 Å². The Morgan fingerprint density at radius 3 is 2.50 bits per heavy atom. The highest BCUT2D eigenvalue weighted by Crippen LogP contribution is 2.27. The molecule has 1 amide bonds. The summed E-state index contributed by atoms with van der Waals surface area (Å²) in [6, 6.07) is 8.43. The number of carbonyl (C=O) groups is 1. The summed E-state index contributed by atoms with van der Waals surface area (Å²) < 4.78 is 78.7. The average Bonchev–Trinajstić information content (AvgIpc) is 3.39. The lowest BCUT2D eigenvalue weighted by Gasteiger charge is -2.08. The summed E-state index contributed by atoms with van der Waals surface area (Å²) >= 11 is 6.10. The third-order valence-corrected chi connectivity index (χ3v) is 4.77. The van der Waals surface area contributed by atoms with Gasteiger partial charge in [0.05, 0.1) is 6.54 Å². The minimum absolute atomic E-state index is 0.0108. The Morgan fingerprint density at radius 2 is 1.79 bits per heavy atom. The molecule has 0 atom stereocenters. The maximum Gasteiger partial charge on any atom is 0.292 e. The summed E-state index contributed by atoms with van der Waals surface area (Å²) in [5.74, 6) is -9.33. The topological polar surface area (TPSA) is 69.3 Å². The van der Waals surface area contributed by atoms with Gasteiger partial charge in [0.2, 0.25) is 11.6 Å². The smallest absolute Gasteiger partial charge is 0.292 e. The standard InChI is InChI=1S/C22H13ClF5N3O3/c23-14-9-31(8-11-2-1-3-12(24)6-11)30-21(14)29-22(32)17-5-4-13(34-17)10-33-20-18(27)15(25)7-16(26)19(20)28/h1-7,9H,8,10H2,(H,29,30,32). The molecule has 0 aliphatic carbocycles. The number of nitrogens with one attached hydrogen (secondary N) is 1. The van der Waals surface area contributed by atoms with Crippen LogP contribution >= 0.6 is 11.6 Å². The highest BCUT2D eigenvalue weighted by Gasteiger charge is 2.22. The van der Waals surface area contributed by atoms with Crippen LogP contribution in [-0.4, -0.2) is 15.7 Å². The lowest BCUT2D eigenvalue weighted by atomic mass is 10.2. The number of nitrogens with zero attached hydrogens (tertiary/aromatic N) is 2. The number of hydrogen-bond acceptors (Lipinski definition) is 4. The summed E-state index contributed by atoms with van der Waals surface area (Å²) in [4.78, 5) is 12.4. The highest BCUT2D eigenvalue weighted by molar-refractivity contribution is 6.33. The van der Waals surface area contributed by atoms with E-state index in [4.69, 9.17) is 20.8 Å². The maximum absolute atomic E-state index is 13.7. The van der Waals surface area contributed by atoms with Crippen LogP contribution in [0.3, 0.4) is 0 Å². The number of benzene rings is 2. The van der Waals surface area contributed by atoms with Gasteiger partial charge in [-0.05, 0) is 29.8 Å². The molecule has 0 saturated carbocycles. The molecule has 1 N–H and O–H groups in total. The van der Waals surface area contributed by atoms with Crippen LogP contribution in [0.4, 0.5) is 27.8 Å². The van der Waals surface area contributed by atoms with E-state index in [0.717, 1.165) is 0 Å². The molecule has 4 aromatic rings. The second-order valence-corrected chi connectivity index (χ2v) is 7.37. The summed E-state index contributed by atoms with van der Waals surface area (Å²) in [7, 11) is 0. The normalized spacial score (nSPS) is 11.0. The molecule has 0 saturated heterocycles. The molecule has 0 radical (unpaired) electrons. The molecule has 12 heteroatoms. The van der Waals surface area contributed by atoms with Gasteiger partial charge in [0.1, 0.15) is 23.2 Å². The molecular formula is C22H13ClF5N3O3.